The van der Waals surface area contributed by atoms with Gasteiger partial charge in [0, 0.05) is 24.3 Å². The molecule has 1 saturated heterocycles. The van der Waals surface area contributed by atoms with Gasteiger partial charge in [-0.15, -0.1) is 0 Å². The van der Waals surface area contributed by atoms with Gasteiger partial charge in [-0.05, 0) is 30.7 Å². The van der Waals surface area contributed by atoms with Crippen LogP contribution in [0.3, 0.4) is 0 Å². The molecule has 0 aliphatic carbocycles. The van der Waals surface area contributed by atoms with Crippen molar-refractivity contribution in [3.63, 3.8) is 0 Å². The molecule has 0 spiro atoms. The maximum Gasteiger partial charge on any atom is 0.233 e. The molecule has 1 fully saturated rings. The smallest absolute Gasteiger partial charge is 0.233 e. The van der Waals surface area contributed by atoms with E-state index in [1.807, 2.05) is 0 Å². The number of amides is 3. The fraction of sp³-hybridized carbons (Fsp3) is 0.400. The molecule has 0 saturated carbocycles. The quantitative estimate of drug-likeness (QED) is 0.656. The summed E-state index contributed by atoms with van der Waals surface area (Å²) in [7, 11) is -3.08. The third-order valence-electron chi connectivity index (χ3n) is 3.41. The Morgan fingerprint density at radius 3 is 2.12 bits per heavy atom. The van der Waals surface area contributed by atoms with Gasteiger partial charge in [0.2, 0.25) is 17.7 Å². The van der Waals surface area contributed by atoms with Crippen LogP contribution in [0, 0.1) is 0 Å². The first kappa shape index (κ1) is 17.9. The van der Waals surface area contributed by atoms with Crippen molar-refractivity contribution >= 4 is 38.9 Å². The van der Waals surface area contributed by atoms with Crippen molar-refractivity contribution in [2.45, 2.75) is 25.8 Å². The minimum atomic E-state index is -3.08. The number of hydrogen-bond acceptors (Lipinski definition) is 5. The largest absolute Gasteiger partial charge is 0.352 e. The Bertz CT molecular complexity index is 743. The Morgan fingerprint density at radius 1 is 1.04 bits per heavy atom. The molecule has 3 amide bonds. The normalized spacial score (nSPS) is 18.6. The van der Waals surface area contributed by atoms with E-state index in [0.29, 0.717) is 17.8 Å². The molecular formula is C15H19N3O5S. The van der Waals surface area contributed by atoms with E-state index in [4.69, 9.17) is 0 Å². The van der Waals surface area contributed by atoms with Gasteiger partial charge in [-0.1, -0.05) is 0 Å². The van der Waals surface area contributed by atoms with Crippen molar-refractivity contribution in [3.8, 4) is 0 Å². The van der Waals surface area contributed by atoms with Gasteiger partial charge in [0.05, 0.1) is 11.5 Å². The first-order valence-corrected chi connectivity index (χ1v) is 9.23. The van der Waals surface area contributed by atoms with Gasteiger partial charge in [-0.2, -0.15) is 0 Å². The molecule has 0 radical (unpaired) electrons. The van der Waals surface area contributed by atoms with Gasteiger partial charge in [-0.3, -0.25) is 14.4 Å². The molecule has 130 valence electrons. The van der Waals surface area contributed by atoms with E-state index >= 15 is 0 Å². The Hall–Kier alpha value is -2.42. The van der Waals surface area contributed by atoms with Crippen molar-refractivity contribution in [3.05, 3.63) is 24.3 Å². The molecule has 2 rings (SSSR count). The number of rotatable bonds is 5. The summed E-state index contributed by atoms with van der Waals surface area (Å²) in [6, 6.07) is 6.03. The topological polar surface area (TPSA) is 121 Å². The number of sulfone groups is 1. The zero-order valence-electron chi connectivity index (χ0n) is 13.2. The van der Waals surface area contributed by atoms with Crippen LogP contribution in [-0.2, 0) is 24.2 Å². The molecule has 24 heavy (non-hydrogen) atoms. The average Bonchev–Trinajstić information content (AvgIpc) is 2.79. The highest BCUT2D eigenvalue weighted by Gasteiger charge is 2.29. The monoisotopic (exact) mass is 353 g/mol. The van der Waals surface area contributed by atoms with Crippen molar-refractivity contribution in [1.82, 2.24) is 5.32 Å². The first-order valence-electron chi connectivity index (χ1n) is 7.41. The van der Waals surface area contributed by atoms with E-state index in [2.05, 4.69) is 16.0 Å². The highest BCUT2D eigenvalue weighted by Crippen LogP contribution is 2.14. The molecule has 8 nitrogen and oxygen atoms in total. The maximum atomic E-state index is 11.8. The minimum Gasteiger partial charge on any atom is -0.352 e. The molecule has 1 unspecified atom stereocenters. The lowest BCUT2D eigenvalue weighted by Crippen LogP contribution is -2.37. The Balaban J connectivity index is 1.80. The molecular weight excluding hydrogens is 334 g/mol. The molecule has 9 heteroatoms. The number of hydrogen-bond donors (Lipinski definition) is 3. The average molecular weight is 353 g/mol. The predicted octanol–water partition coefficient (Wildman–Crippen LogP) is 0.277. The third-order valence-corrected chi connectivity index (χ3v) is 5.18. The zero-order valence-corrected chi connectivity index (χ0v) is 14.0. The summed E-state index contributed by atoms with van der Waals surface area (Å²) in [6.07, 6.45) is -0.00962. The van der Waals surface area contributed by atoms with Gasteiger partial charge < -0.3 is 16.0 Å². The Labute approximate surface area is 139 Å². The Kier molecular flexibility index (Phi) is 5.55. The lowest BCUT2D eigenvalue weighted by Gasteiger charge is -2.11. The summed E-state index contributed by atoms with van der Waals surface area (Å²) in [5.74, 6) is -1.22. The molecule has 1 aromatic rings. The van der Waals surface area contributed by atoms with Crippen LogP contribution >= 0.6 is 0 Å². The van der Waals surface area contributed by atoms with E-state index in [0.717, 1.165) is 0 Å². The lowest BCUT2D eigenvalue weighted by molar-refractivity contribution is -0.127. The maximum absolute atomic E-state index is 11.8. The zero-order chi connectivity index (χ0) is 17.7. The van der Waals surface area contributed by atoms with E-state index in [1.165, 1.54) is 6.92 Å². The van der Waals surface area contributed by atoms with Gasteiger partial charge in [0.1, 0.15) is 6.42 Å². The number of carbonyl (C=O) groups excluding carboxylic acids is 3. The number of carbonyl (C=O) groups is 3. The fourth-order valence-corrected chi connectivity index (χ4v) is 4.05. The molecule has 1 aliphatic heterocycles. The Morgan fingerprint density at radius 2 is 1.62 bits per heavy atom. The standard InChI is InChI=1S/C15H19N3O5S/c1-10(19)16-11-2-4-12(5-3-11)17-14(20)8-15(21)18-13-6-7-24(22,23)9-13/h2-5,13H,6-9H2,1H3,(H,16,19)(H,17,20)(H,18,21). The van der Waals surface area contributed by atoms with Gasteiger partial charge in [0.15, 0.2) is 9.84 Å². The van der Waals surface area contributed by atoms with Crippen LogP contribution in [0.1, 0.15) is 19.8 Å². The molecule has 1 aliphatic rings. The van der Waals surface area contributed by atoms with Crippen LogP contribution in [0.15, 0.2) is 24.3 Å². The minimum absolute atomic E-state index is 0.0603. The van der Waals surface area contributed by atoms with Gasteiger partial charge >= 0.3 is 0 Å². The molecule has 3 N–H and O–H groups in total. The SMILES string of the molecule is CC(=O)Nc1ccc(NC(=O)CC(=O)NC2CCS(=O)(=O)C2)cc1. The highest BCUT2D eigenvalue weighted by atomic mass is 32.2. The second-order valence-corrected chi connectivity index (χ2v) is 7.88. The third kappa shape index (κ3) is 5.65. The highest BCUT2D eigenvalue weighted by molar-refractivity contribution is 7.91. The first-order chi connectivity index (χ1) is 11.2. The van der Waals surface area contributed by atoms with Crippen molar-refractivity contribution < 1.29 is 22.8 Å². The van der Waals surface area contributed by atoms with Crippen molar-refractivity contribution in [1.29, 1.82) is 0 Å². The van der Waals surface area contributed by atoms with Crippen LogP contribution in [0.5, 0.6) is 0 Å². The fourth-order valence-electron chi connectivity index (χ4n) is 2.38. The summed E-state index contributed by atoms with van der Waals surface area (Å²) in [6.45, 7) is 1.39. The van der Waals surface area contributed by atoms with E-state index < -0.39 is 27.7 Å². The molecule has 1 atom stereocenters. The van der Waals surface area contributed by atoms with E-state index in [1.54, 1.807) is 24.3 Å². The number of anilines is 2. The van der Waals surface area contributed by atoms with Gasteiger partial charge in [-0.25, -0.2) is 8.42 Å². The summed E-state index contributed by atoms with van der Waals surface area (Å²) in [4.78, 5) is 34.5. The summed E-state index contributed by atoms with van der Waals surface area (Å²) >= 11 is 0. The second-order valence-electron chi connectivity index (χ2n) is 5.65. The van der Waals surface area contributed by atoms with E-state index in [9.17, 15) is 22.8 Å². The molecule has 0 bridgehead atoms. The lowest BCUT2D eigenvalue weighted by atomic mass is 10.2. The van der Waals surface area contributed by atoms with Gasteiger partial charge in [0.25, 0.3) is 0 Å². The summed E-state index contributed by atoms with van der Waals surface area (Å²) < 4.78 is 22.6. The molecule has 0 aromatic heterocycles. The van der Waals surface area contributed by atoms with Crippen LogP contribution in [0.4, 0.5) is 11.4 Å². The van der Waals surface area contributed by atoms with Crippen molar-refractivity contribution in [2.75, 3.05) is 22.1 Å². The van der Waals surface area contributed by atoms with Crippen LogP contribution in [-0.4, -0.2) is 43.7 Å². The molecule has 1 heterocycles. The van der Waals surface area contributed by atoms with Crippen LogP contribution in [0.2, 0.25) is 0 Å². The number of nitrogens with one attached hydrogen (secondary N) is 3. The predicted molar refractivity (Wildman–Crippen MR) is 89.2 cm³/mol. The summed E-state index contributed by atoms with van der Waals surface area (Å²) in [5.41, 5.74) is 1.09. The number of benzene rings is 1. The summed E-state index contributed by atoms with van der Waals surface area (Å²) in [5, 5.41) is 7.72. The van der Waals surface area contributed by atoms with Crippen LogP contribution < -0.4 is 16.0 Å². The molecule has 1 aromatic carbocycles. The van der Waals surface area contributed by atoms with Crippen LogP contribution in [0.25, 0.3) is 0 Å². The van der Waals surface area contributed by atoms with Crippen molar-refractivity contribution in [2.24, 2.45) is 0 Å². The van der Waals surface area contributed by atoms with E-state index in [-0.39, 0.29) is 23.8 Å². The second kappa shape index (κ2) is 7.43.